The number of nitrogens with one attached hydrogen (secondary N) is 2. The smallest absolute Gasteiger partial charge is 0.283 e. The molecule has 11 nitrogen and oxygen atoms in total. The Labute approximate surface area is 266 Å². The van der Waals surface area contributed by atoms with E-state index in [9.17, 15) is 14.4 Å². The van der Waals surface area contributed by atoms with Crippen LogP contribution in [0.25, 0.3) is 37.2 Å². The number of carbonyl (C=O) groups is 1. The van der Waals surface area contributed by atoms with Crippen LogP contribution < -0.4 is 25.9 Å². The van der Waals surface area contributed by atoms with E-state index >= 15 is 0 Å². The summed E-state index contributed by atoms with van der Waals surface area (Å²) in [5.74, 6) is 0.575. The van der Waals surface area contributed by atoms with Gasteiger partial charge in [0, 0.05) is 41.5 Å². The quantitative estimate of drug-likeness (QED) is 0.224. The van der Waals surface area contributed by atoms with Gasteiger partial charge in [0.25, 0.3) is 11.1 Å². The number of methoxy groups -OCH3 is 2. The van der Waals surface area contributed by atoms with E-state index in [-0.39, 0.29) is 17.7 Å². The third-order valence-corrected chi connectivity index (χ3v) is 9.21. The summed E-state index contributed by atoms with van der Waals surface area (Å²) in [4.78, 5) is 49.4. The number of aryl methyl sites for hydroxylation is 2. The van der Waals surface area contributed by atoms with Crippen molar-refractivity contribution in [3.05, 3.63) is 111 Å². The number of aromatic nitrogens is 5. The van der Waals surface area contributed by atoms with Gasteiger partial charge in [0.05, 0.1) is 41.0 Å². The largest absolute Gasteiger partial charge is 0.497 e. The van der Waals surface area contributed by atoms with Gasteiger partial charge in [-0.1, -0.05) is 41.7 Å². The van der Waals surface area contributed by atoms with Crippen LogP contribution in [-0.4, -0.2) is 44.0 Å². The number of amides is 1. The van der Waals surface area contributed by atoms with Crippen molar-refractivity contribution < 1.29 is 14.3 Å². The first-order chi connectivity index (χ1) is 22.4. The lowest BCUT2D eigenvalue weighted by Gasteiger charge is -2.14. The van der Waals surface area contributed by atoms with Gasteiger partial charge in [-0.15, -0.1) is 0 Å². The molecule has 232 valence electrons. The van der Waals surface area contributed by atoms with Crippen LogP contribution in [0.2, 0.25) is 0 Å². The van der Waals surface area contributed by atoms with Gasteiger partial charge in [0.15, 0.2) is 0 Å². The molecule has 4 heterocycles. The number of hydrogen-bond donors (Lipinski definition) is 2. The van der Waals surface area contributed by atoms with E-state index in [1.54, 1.807) is 36.8 Å². The number of ether oxygens (including phenoxy) is 2. The highest BCUT2D eigenvalue weighted by Crippen LogP contribution is 2.30. The zero-order chi connectivity index (χ0) is 31.9. The monoisotopic (exact) mass is 634 g/mol. The Morgan fingerprint density at radius 2 is 1.80 bits per heavy atom. The molecule has 0 atom stereocenters. The van der Waals surface area contributed by atoms with Crippen LogP contribution in [0.3, 0.4) is 0 Å². The molecule has 46 heavy (non-hydrogen) atoms. The van der Waals surface area contributed by atoms with Crippen molar-refractivity contribution in [2.75, 3.05) is 19.5 Å². The van der Waals surface area contributed by atoms with Gasteiger partial charge in [0.1, 0.15) is 18.0 Å². The Hall–Kier alpha value is -5.62. The van der Waals surface area contributed by atoms with E-state index in [2.05, 4.69) is 10.3 Å². The molecule has 7 aromatic rings. The topological polar surface area (TPSA) is 125 Å². The standard InChI is InChI=1S/C34H30N6O5S/c1-20-32-27(17-31(42)38(20)15-14-21-18-35-24-9-5-4-8-23(21)24)39(19-30(41)36-25-13-12-22(44-2)16-28(25)45-3)40(33(32)43)34-37-26-10-6-7-11-29(26)46-34/h4-13,16-18,35H,14-15,19H2,1-3H3,(H,36,41). The van der Waals surface area contributed by atoms with Crippen molar-refractivity contribution in [1.29, 1.82) is 0 Å². The summed E-state index contributed by atoms with van der Waals surface area (Å²) in [7, 11) is 3.05. The lowest BCUT2D eigenvalue weighted by molar-refractivity contribution is -0.116. The zero-order valence-corrected chi connectivity index (χ0v) is 26.2. The molecule has 0 spiro atoms. The number of H-pyrrole nitrogens is 1. The molecular weight excluding hydrogens is 604 g/mol. The first-order valence-corrected chi connectivity index (χ1v) is 15.5. The summed E-state index contributed by atoms with van der Waals surface area (Å²) in [5, 5.41) is 4.72. The molecule has 3 aromatic carbocycles. The minimum absolute atomic E-state index is 0.262. The number of fused-ring (bicyclic) bond motifs is 3. The maximum Gasteiger partial charge on any atom is 0.283 e. The minimum atomic E-state index is -0.420. The number of thiazole rings is 1. The van der Waals surface area contributed by atoms with Crippen molar-refractivity contribution in [2.45, 2.75) is 26.4 Å². The second-order valence-corrected chi connectivity index (χ2v) is 11.9. The maximum absolute atomic E-state index is 14.3. The number of hydrogen-bond acceptors (Lipinski definition) is 7. The van der Waals surface area contributed by atoms with Crippen LogP contribution in [0.15, 0.2) is 88.6 Å². The second kappa shape index (κ2) is 11.7. The number of pyridine rings is 1. The van der Waals surface area contributed by atoms with Crippen LogP contribution in [-0.2, 0) is 24.3 Å². The molecule has 0 saturated heterocycles. The van der Waals surface area contributed by atoms with Gasteiger partial charge in [-0.3, -0.25) is 19.1 Å². The van der Waals surface area contributed by atoms with Gasteiger partial charge in [-0.2, -0.15) is 4.68 Å². The highest BCUT2D eigenvalue weighted by atomic mass is 32.1. The van der Waals surface area contributed by atoms with Crippen LogP contribution >= 0.6 is 11.3 Å². The molecule has 0 unspecified atom stereocenters. The molecule has 0 aliphatic carbocycles. The van der Waals surface area contributed by atoms with E-state index in [0.717, 1.165) is 26.7 Å². The van der Waals surface area contributed by atoms with E-state index < -0.39 is 5.91 Å². The first-order valence-electron chi connectivity index (χ1n) is 14.6. The number of nitrogens with zero attached hydrogens (tertiary/aromatic N) is 4. The second-order valence-electron chi connectivity index (χ2n) is 10.8. The summed E-state index contributed by atoms with van der Waals surface area (Å²) >= 11 is 1.34. The molecular formula is C34H30N6O5S. The van der Waals surface area contributed by atoms with Crippen molar-refractivity contribution in [3.8, 4) is 16.6 Å². The van der Waals surface area contributed by atoms with Gasteiger partial charge in [-0.25, -0.2) is 4.98 Å². The van der Waals surface area contributed by atoms with Crippen LogP contribution in [0.5, 0.6) is 11.5 Å². The summed E-state index contributed by atoms with van der Waals surface area (Å²) in [6.45, 7) is 1.89. The fourth-order valence-electron chi connectivity index (χ4n) is 5.92. The Balaban J connectivity index is 1.32. The summed E-state index contributed by atoms with van der Waals surface area (Å²) in [6.07, 6.45) is 2.55. The number of anilines is 1. The Kier molecular flexibility index (Phi) is 7.41. The van der Waals surface area contributed by atoms with Crippen molar-refractivity contribution >= 4 is 55.0 Å². The van der Waals surface area contributed by atoms with Crippen LogP contribution in [0.1, 0.15) is 11.3 Å². The molecule has 0 bridgehead atoms. The average molecular weight is 635 g/mol. The van der Waals surface area contributed by atoms with Gasteiger partial charge >= 0.3 is 0 Å². The van der Waals surface area contributed by atoms with E-state index in [1.165, 1.54) is 33.9 Å². The minimum Gasteiger partial charge on any atom is -0.497 e. The van der Waals surface area contributed by atoms with Gasteiger partial charge < -0.3 is 24.3 Å². The summed E-state index contributed by atoms with van der Waals surface area (Å²) in [5.41, 5.74) is 3.53. The number of carbonyl (C=O) groups excluding carboxylic acids is 1. The SMILES string of the molecule is COc1ccc(NC(=O)Cn2c3cc(=O)n(CCc4c[nH]c5ccccc45)c(C)c3c(=O)n2-c2nc3ccccc3s2)c(OC)c1. The molecule has 0 saturated carbocycles. The molecule has 0 aliphatic rings. The predicted octanol–water partition coefficient (Wildman–Crippen LogP) is 5.25. The molecule has 7 rings (SSSR count). The lowest BCUT2D eigenvalue weighted by Crippen LogP contribution is -2.27. The number of aromatic amines is 1. The van der Waals surface area contributed by atoms with Crippen molar-refractivity contribution in [1.82, 2.24) is 23.9 Å². The van der Waals surface area contributed by atoms with Gasteiger partial charge in [0.2, 0.25) is 11.0 Å². The molecule has 0 fully saturated rings. The lowest BCUT2D eigenvalue weighted by atomic mass is 10.1. The third-order valence-electron chi connectivity index (χ3n) is 8.19. The Morgan fingerprint density at radius 1 is 1.00 bits per heavy atom. The van der Waals surface area contributed by atoms with Crippen LogP contribution in [0, 0.1) is 6.92 Å². The van der Waals surface area contributed by atoms with Crippen molar-refractivity contribution in [3.63, 3.8) is 0 Å². The molecule has 0 aliphatic heterocycles. The molecule has 2 N–H and O–H groups in total. The average Bonchev–Trinajstić information content (AvgIpc) is 3.75. The first kappa shape index (κ1) is 29.1. The van der Waals surface area contributed by atoms with E-state index in [4.69, 9.17) is 14.5 Å². The third kappa shape index (κ3) is 5.02. The highest BCUT2D eigenvalue weighted by Gasteiger charge is 2.24. The summed E-state index contributed by atoms with van der Waals surface area (Å²) < 4.78 is 16.2. The van der Waals surface area contributed by atoms with Crippen LogP contribution in [0.4, 0.5) is 5.69 Å². The Morgan fingerprint density at radius 3 is 2.61 bits per heavy atom. The summed E-state index contributed by atoms with van der Waals surface area (Å²) in [6, 6.07) is 22.1. The fourth-order valence-corrected chi connectivity index (χ4v) is 6.89. The number of rotatable bonds is 9. The maximum atomic E-state index is 14.3. The normalized spacial score (nSPS) is 11.5. The molecule has 4 aromatic heterocycles. The van der Waals surface area contributed by atoms with E-state index in [0.29, 0.717) is 51.9 Å². The highest BCUT2D eigenvalue weighted by molar-refractivity contribution is 7.20. The number of benzene rings is 3. The fraction of sp³-hybridized carbons (Fsp3) is 0.176. The van der Waals surface area contributed by atoms with Crippen molar-refractivity contribution in [2.24, 2.45) is 0 Å². The van der Waals surface area contributed by atoms with E-state index in [1.807, 2.05) is 54.7 Å². The zero-order valence-electron chi connectivity index (χ0n) is 25.4. The number of para-hydroxylation sites is 2. The van der Waals surface area contributed by atoms with Gasteiger partial charge in [-0.05, 0) is 49.2 Å². The molecule has 12 heteroatoms. The molecule has 1 amide bonds. The molecule has 0 radical (unpaired) electrons. The Bertz CT molecular complexity index is 2360. The predicted molar refractivity (Wildman–Crippen MR) is 180 cm³/mol.